The summed E-state index contributed by atoms with van der Waals surface area (Å²) in [6, 6.07) is 0. The zero-order valence-corrected chi connectivity index (χ0v) is 11.5. The molecule has 0 bridgehead atoms. The minimum atomic E-state index is -3.90. The normalized spacial score (nSPS) is 14.9. The maximum atomic E-state index is 13.9. The highest BCUT2D eigenvalue weighted by Crippen LogP contribution is 2.33. The lowest BCUT2D eigenvalue weighted by Crippen LogP contribution is -2.37. The molecule has 1 aliphatic rings. The molecule has 6 nitrogen and oxygen atoms in total. The van der Waals surface area contributed by atoms with Crippen LogP contribution in [0, 0.1) is 5.92 Å². The average Bonchev–Trinajstić information content (AvgIpc) is 3.13. The zero-order valence-electron chi connectivity index (χ0n) is 11.5. The molecule has 0 saturated heterocycles. The van der Waals surface area contributed by atoms with Gasteiger partial charge in [0.2, 0.25) is 0 Å². The Morgan fingerprint density at radius 2 is 2.14 bits per heavy atom. The number of nitrogens with zero attached hydrogens (tertiary/aromatic N) is 3. The predicted molar refractivity (Wildman–Crippen MR) is 65.5 cm³/mol. The third-order valence-corrected chi connectivity index (χ3v) is 3.09. The number of esters is 1. The lowest BCUT2D eigenvalue weighted by atomic mass is 10.3. The summed E-state index contributed by atoms with van der Waals surface area (Å²) < 4.78 is 45.4. The van der Waals surface area contributed by atoms with Crippen molar-refractivity contribution in [2.45, 2.75) is 32.2 Å². The molecule has 1 heterocycles. The molecule has 116 valence electrons. The molecule has 0 spiro atoms. The van der Waals surface area contributed by atoms with E-state index in [-0.39, 0.29) is 12.6 Å². The van der Waals surface area contributed by atoms with Crippen LogP contribution < -0.4 is 5.12 Å². The molecule has 0 atom stereocenters. The van der Waals surface area contributed by atoms with Gasteiger partial charge in [-0.25, -0.2) is 4.79 Å². The summed E-state index contributed by atoms with van der Waals surface area (Å²) >= 11 is 0. The molecule has 0 radical (unpaired) electrons. The Morgan fingerprint density at radius 1 is 1.52 bits per heavy atom. The monoisotopic (exact) mass is 305 g/mol. The molecule has 21 heavy (non-hydrogen) atoms. The summed E-state index contributed by atoms with van der Waals surface area (Å²) in [7, 11) is 1.07. The van der Waals surface area contributed by atoms with Crippen LogP contribution in [0.1, 0.15) is 30.3 Å². The number of hydrogen-bond donors (Lipinski definition) is 0. The summed E-state index contributed by atoms with van der Waals surface area (Å²) in [5, 5.41) is 3.03. The van der Waals surface area contributed by atoms with Crippen LogP contribution in [-0.2, 0) is 16.1 Å². The first-order valence-electron chi connectivity index (χ1n) is 6.28. The third-order valence-electron chi connectivity index (χ3n) is 3.09. The number of carbonyl (C=O) groups excluding carboxylic acids is 2. The number of carbonyl (C=O) groups is 2. The van der Waals surface area contributed by atoms with Gasteiger partial charge in [0.15, 0.2) is 5.69 Å². The van der Waals surface area contributed by atoms with Crippen LogP contribution in [0.25, 0.3) is 0 Å². The second-order valence-electron chi connectivity index (χ2n) is 4.97. The first-order valence-corrected chi connectivity index (χ1v) is 6.28. The van der Waals surface area contributed by atoms with Gasteiger partial charge in [-0.2, -0.15) is 13.9 Å². The van der Waals surface area contributed by atoms with Crippen molar-refractivity contribution in [1.29, 1.82) is 0 Å². The Morgan fingerprint density at radius 3 is 2.62 bits per heavy atom. The molecule has 0 N–H and O–H groups in total. The molecule has 1 saturated carbocycles. The van der Waals surface area contributed by atoms with Crippen molar-refractivity contribution in [3.05, 3.63) is 11.9 Å². The molecule has 0 aliphatic heterocycles. The smallest absolute Gasteiger partial charge is 0.358 e. The van der Waals surface area contributed by atoms with Gasteiger partial charge in [-0.3, -0.25) is 9.48 Å². The Balaban J connectivity index is 2.35. The van der Waals surface area contributed by atoms with E-state index >= 15 is 0 Å². The minimum absolute atomic E-state index is 0.272. The Kier molecular flexibility index (Phi) is 3.93. The average molecular weight is 305 g/mol. The van der Waals surface area contributed by atoms with Crippen LogP contribution >= 0.6 is 0 Å². The molecule has 0 unspecified atom stereocenters. The molecule has 1 aliphatic carbocycles. The summed E-state index contributed by atoms with van der Waals surface area (Å²) in [5.74, 6) is -6.62. The van der Waals surface area contributed by atoms with E-state index in [9.17, 15) is 22.9 Å². The van der Waals surface area contributed by atoms with Crippen LogP contribution in [-0.4, -0.2) is 34.7 Å². The number of hydrogen-bond acceptors (Lipinski definition) is 4. The van der Waals surface area contributed by atoms with E-state index in [1.54, 1.807) is 0 Å². The number of alkyl halides is 2. The number of methoxy groups -OCH3 is 1. The number of amides is 1. The molecule has 0 aromatic carbocycles. The van der Waals surface area contributed by atoms with Gasteiger partial charge in [0.05, 0.1) is 13.3 Å². The van der Waals surface area contributed by atoms with Crippen molar-refractivity contribution in [2.75, 3.05) is 12.2 Å². The number of aromatic nitrogens is 2. The van der Waals surface area contributed by atoms with Crippen molar-refractivity contribution in [2.24, 2.45) is 5.92 Å². The predicted octanol–water partition coefficient (Wildman–Crippen LogP) is 1.95. The fraction of sp³-hybridized carbons (Fsp3) is 0.583. The van der Waals surface area contributed by atoms with Crippen molar-refractivity contribution in [3.8, 4) is 0 Å². The SMILES string of the molecule is COC(=O)c1c(N(F)C(=O)C(C)(F)F)cnn1CC1CC1. The van der Waals surface area contributed by atoms with E-state index in [0.29, 0.717) is 12.5 Å². The van der Waals surface area contributed by atoms with Gasteiger partial charge >= 0.3 is 17.8 Å². The van der Waals surface area contributed by atoms with Crippen molar-refractivity contribution in [1.82, 2.24) is 9.78 Å². The fourth-order valence-electron chi connectivity index (χ4n) is 1.79. The minimum Gasteiger partial charge on any atom is -0.464 e. The van der Waals surface area contributed by atoms with Crippen LogP contribution in [0.2, 0.25) is 0 Å². The molecular weight excluding hydrogens is 291 g/mol. The van der Waals surface area contributed by atoms with Gasteiger partial charge in [0, 0.05) is 13.5 Å². The van der Waals surface area contributed by atoms with Crippen molar-refractivity contribution in [3.63, 3.8) is 0 Å². The standard InChI is InChI=1S/C12H14F3N3O3/c1-12(13,14)11(20)18(15)8-5-16-17(6-7-3-4-7)9(8)10(19)21-2/h5,7H,3-4,6H2,1-2H3. The van der Waals surface area contributed by atoms with Crippen LogP contribution in [0.3, 0.4) is 0 Å². The van der Waals surface area contributed by atoms with Crippen molar-refractivity contribution < 1.29 is 27.6 Å². The van der Waals surface area contributed by atoms with Gasteiger partial charge in [-0.15, -0.1) is 5.12 Å². The van der Waals surface area contributed by atoms with Crippen LogP contribution in [0.15, 0.2) is 6.20 Å². The number of halogens is 3. The van der Waals surface area contributed by atoms with Gasteiger partial charge in [0.25, 0.3) is 0 Å². The third kappa shape index (κ3) is 3.17. The first kappa shape index (κ1) is 15.3. The van der Waals surface area contributed by atoms with E-state index in [0.717, 1.165) is 26.1 Å². The quantitative estimate of drug-likeness (QED) is 0.616. The van der Waals surface area contributed by atoms with Gasteiger partial charge in [-0.1, -0.05) is 4.48 Å². The van der Waals surface area contributed by atoms with Gasteiger partial charge in [-0.05, 0) is 18.8 Å². The van der Waals surface area contributed by atoms with Gasteiger partial charge < -0.3 is 4.74 Å². The summed E-state index contributed by atoms with van der Waals surface area (Å²) in [6.07, 6.45) is 2.75. The summed E-state index contributed by atoms with van der Waals surface area (Å²) in [4.78, 5) is 23.0. The molecule has 1 amide bonds. The molecular formula is C12H14F3N3O3. The highest BCUT2D eigenvalue weighted by atomic mass is 19.3. The van der Waals surface area contributed by atoms with E-state index in [1.165, 1.54) is 4.68 Å². The number of rotatable bonds is 5. The Bertz CT molecular complexity index is 564. The van der Waals surface area contributed by atoms with E-state index in [4.69, 9.17) is 0 Å². The molecule has 9 heteroatoms. The Labute approximate surface area is 118 Å². The highest BCUT2D eigenvalue weighted by Gasteiger charge is 2.41. The largest absolute Gasteiger partial charge is 0.464 e. The maximum absolute atomic E-state index is 13.9. The lowest BCUT2D eigenvalue weighted by molar-refractivity contribution is -0.143. The molecule has 1 aromatic rings. The second kappa shape index (κ2) is 5.38. The molecule has 2 rings (SSSR count). The number of ether oxygens (including phenoxy) is 1. The van der Waals surface area contributed by atoms with Crippen molar-refractivity contribution >= 4 is 17.6 Å². The number of anilines is 1. The second-order valence-corrected chi connectivity index (χ2v) is 4.97. The summed E-state index contributed by atoms with van der Waals surface area (Å²) in [5.41, 5.74) is -1.00. The van der Waals surface area contributed by atoms with Crippen LogP contribution in [0.4, 0.5) is 18.9 Å². The first-order chi connectivity index (χ1) is 9.75. The van der Waals surface area contributed by atoms with Crippen LogP contribution in [0.5, 0.6) is 0 Å². The van der Waals surface area contributed by atoms with E-state index < -0.39 is 28.6 Å². The molecule has 1 aromatic heterocycles. The maximum Gasteiger partial charge on any atom is 0.358 e. The highest BCUT2D eigenvalue weighted by molar-refractivity contribution is 6.02. The van der Waals surface area contributed by atoms with E-state index in [2.05, 4.69) is 9.84 Å². The van der Waals surface area contributed by atoms with E-state index in [1.807, 2.05) is 0 Å². The molecule has 1 fully saturated rings. The van der Waals surface area contributed by atoms with Gasteiger partial charge in [0.1, 0.15) is 5.69 Å². The Hall–Kier alpha value is -2.06. The fourth-order valence-corrected chi connectivity index (χ4v) is 1.79. The zero-order chi connectivity index (χ0) is 15.8. The topological polar surface area (TPSA) is 64.4 Å². The summed E-state index contributed by atoms with van der Waals surface area (Å²) in [6.45, 7) is 0.614. The lowest BCUT2D eigenvalue weighted by Gasteiger charge is -2.16.